The van der Waals surface area contributed by atoms with E-state index in [4.69, 9.17) is 9.15 Å². The number of aromatic nitrogens is 1. The number of oxazole rings is 1. The highest BCUT2D eigenvalue weighted by Crippen LogP contribution is 2.23. The van der Waals surface area contributed by atoms with Crippen molar-refractivity contribution >= 4 is 23.4 Å². The molecule has 0 aliphatic heterocycles. The topological polar surface area (TPSA) is 64.4 Å². The van der Waals surface area contributed by atoms with Crippen molar-refractivity contribution in [2.45, 2.75) is 19.6 Å². The normalized spacial score (nSPS) is 10.6. The summed E-state index contributed by atoms with van der Waals surface area (Å²) in [5.41, 5.74) is 4.74. The van der Waals surface area contributed by atoms with Crippen molar-refractivity contribution in [3.05, 3.63) is 65.5 Å². The average Bonchev–Trinajstić information content (AvgIpc) is 3.14. The molecule has 3 aromatic rings. The minimum absolute atomic E-state index is 0.0208. The molecular weight excluding hydrogens is 360 g/mol. The number of amides is 1. The van der Waals surface area contributed by atoms with Gasteiger partial charge in [0.05, 0.1) is 18.6 Å². The van der Waals surface area contributed by atoms with E-state index < -0.39 is 0 Å². The number of hydrogen-bond donors (Lipinski definition) is 1. The van der Waals surface area contributed by atoms with Gasteiger partial charge in [-0.05, 0) is 55.3 Å². The number of nitrogens with one attached hydrogen (secondary N) is 1. The number of carbonyl (C=O) groups is 1. The van der Waals surface area contributed by atoms with E-state index >= 15 is 0 Å². The molecule has 3 rings (SSSR count). The van der Waals surface area contributed by atoms with Gasteiger partial charge < -0.3 is 14.5 Å². The largest absolute Gasteiger partial charge is 0.497 e. The van der Waals surface area contributed by atoms with Gasteiger partial charge in [0.2, 0.25) is 11.8 Å². The molecule has 1 amide bonds. The van der Waals surface area contributed by atoms with Crippen LogP contribution in [0.15, 0.2) is 53.1 Å². The summed E-state index contributed by atoms with van der Waals surface area (Å²) in [5, 5.41) is 2.96. The highest BCUT2D eigenvalue weighted by molar-refractivity contribution is 7.99. The van der Waals surface area contributed by atoms with Crippen LogP contribution in [0.25, 0.3) is 11.5 Å². The summed E-state index contributed by atoms with van der Waals surface area (Å²) in [6.45, 7) is 3.99. The second kappa shape index (κ2) is 8.77. The number of rotatable bonds is 7. The fourth-order valence-electron chi connectivity index (χ4n) is 2.54. The number of thioether (sulfide) groups is 1. The summed E-state index contributed by atoms with van der Waals surface area (Å²) >= 11 is 1.50. The molecule has 0 saturated heterocycles. The molecule has 1 heterocycles. The van der Waals surface area contributed by atoms with Crippen LogP contribution in [0.4, 0.5) is 5.69 Å². The zero-order valence-electron chi connectivity index (χ0n) is 15.6. The molecule has 0 radical (unpaired) electrons. The lowest BCUT2D eigenvalue weighted by Gasteiger charge is -2.09. The van der Waals surface area contributed by atoms with E-state index in [2.05, 4.69) is 10.3 Å². The minimum atomic E-state index is -0.0208. The second-order valence-electron chi connectivity index (χ2n) is 6.23. The van der Waals surface area contributed by atoms with Crippen LogP contribution in [0.3, 0.4) is 0 Å². The van der Waals surface area contributed by atoms with Crippen molar-refractivity contribution in [3.63, 3.8) is 0 Å². The van der Waals surface area contributed by atoms with Crippen molar-refractivity contribution in [1.82, 2.24) is 4.98 Å². The molecule has 0 saturated carbocycles. The molecule has 6 heteroatoms. The molecule has 2 aromatic carbocycles. The first-order valence-corrected chi connectivity index (χ1v) is 9.74. The first-order chi connectivity index (χ1) is 13.0. The first-order valence-electron chi connectivity index (χ1n) is 8.59. The quantitative estimate of drug-likeness (QED) is 0.633. The highest BCUT2D eigenvalue weighted by atomic mass is 32.2. The number of hydrogen-bond acceptors (Lipinski definition) is 5. The Labute approximate surface area is 163 Å². The van der Waals surface area contributed by atoms with Gasteiger partial charge in [0.25, 0.3) is 0 Å². The van der Waals surface area contributed by atoms with Gasteiger partial charge >= 0.3 is 0 Å². The standard InChI is InChI=1S/C21H22N2O3S/c1-14-4-5-15(2)19(10-14)23-20(24)13-27-12-17-11-26-21(22-17)16-6-8-18(25-3)9-7-16/h4-11H,12-13H2,1-3H3,(H,23,24). The minimum Gasteiger partial charge on any atom is -0.497 e. The Morgan fingerprint density at radius 1 is 1.19 bits per heavy atom. The van der Waals surface area contributed by atoms with Gasteiger partial charge in [-0.25, -0.2) is 4.98 Å². The zero-order valence-corrected chi connectivity index (χ0v) is 16.4. The average molecular weight is 382 g/mol. The van der Waals surface area contributed by atoms with E-state index in [1.807, 2.05) is 56.3 Å². The number of methoxy groups -OCH3 is 1. The van der Waals surface area contributed by atoms with E-state index in [1.165, 1.54) is 11.8 Å². The van der Waals surface area contributed by atoms with Crippen molar-refractivity contribution < 1.29 is 13.9 Å². The van der Waals surface area contributed by atoms with Crippen LogP contribution in [0.5, 0.6) is 5.75 Å². The first kappa shape index (κ1) is 19.0. The third-order valence-electron chi connectivity index (χ3n) is 4.04. The molecule has 0 aliphatic rings. The maximum Gasteiger partial charge on any atom is 0.234 e. The number of ether oxygens (including phenoxy) is 1. The molecule has 0 aliphatic carbocycles. The van der Waals surface area contributed by atoms with Gasteiger partial charge in [-0.2, -0.15) is 0 Å². The van der Waals surface area contributed by atoms with Crippen LogP contribution in [0.1, 0.15) is 16.8 Å². The number of carbonyl (C=O) groups excluding carboxylic acids is 1. The molecule has 140 valence electrons. The van der Waals surface area contributed by atoms with Crippen LogP contribution in [0.2, 0.25) is 0 Å². The maximum atomic E-state index is 12.2. The molecule has 1 N–H and O–H groups in total. The second-order valence-corrected chi connectivity index (χ2v) is 7.22. The van der Waals surface area contributed by atoms with Gasteiger partial charge in [-0.15, -0.1) is 11.8 Å². The Morgan fingerprint density at radius 2 is 1.96 bits per heavy atom. The van der Waals surface area contributed by atoms with Crippen molar-refractivity contribution in [2.24, 2.45) is 0 Å². The number of aryl methyl sites for hydroxylation is 2. The summed E-state index contributed by atoms with van der Waals surface area (Å²) in [6.07, 6.45) is 1.63. The van der Waals surface area contributed by atoms with Crippen molar-refractivity contribution in [3.8, 4) is 17.2 Å². The van der Waals surface area contributed by atoms with Crippen molar-refractivity contribution in [1.29, 1.82) is 0 Å². The molecule has 5 nitrogen and oxygen atoms in total. The predicted octanol–water partition coefficient (Wildman–Crippen LogP) is 4.84. The molecule has 1 aromatic heterocycles. The Morgan fingerprint density at radius 3 is 2.70 bits per heavy atom. The fourth-order valence-corrected chi connectivity index (χ4v) is 3.25. The van der Waals surface area contributed by atoms with E-state index in [0.29, 0.717) is 17.4 Å². The van der Waals surface area contributed by atoms with Crippen LogP contribution in [0, 0.1) is 13.8 Å². The van der Waals surface area contributed by atoms with E-state index in [-0.39, 0.29) is 5.91 Å². The smallest absolute Gasteiger partial charge is 0.234 e. The van der Waals surface area contributed by atoms with Gasteiger partial charge in [-0.1, -0.05) is 12.1 Å². The third kappa shape index (κ3) is 5.14. The summed E-state index contributed by atoms with van der Waals surface area (Å²) in [7, 11) is 1.63. The predicted molar refractivity (Wildman–Crippen MR) is 109 cm³/mol. The molecule has 0 fully saturated rings. The number of anilines is 1. The lowest BCUT2D eigenvalue weighted by atomic mass is 10.1. The molecule has 0 atom stereocenters. The molecular formula is C21H22N2O3S. The van der Waals surface area contributed by atoms with Crippen LogP contribution in [-0.4, -0.2) is 23.8 Å². The summed E-state index contributed by atoms with van der Waals surface area (Å²) in [5.74, 6) is 2.30. The molecule has 27 heavy (non-hydrogen) atoms. The number of nitrogens with zero attached hydrogens (tertiary/aromatic N) is 1. The van der Waals surface area contributed by atoms with Crippen molar-refractivity contribution in [2.75, 3.05) is 18.2 Å². The van der Waals surface area contributed by atoms with E-state index in [1.54, 1.807) is 13.4 Å². The lowest BCUT2D eigenvalue weighted by Crippen LogP contribution is -2.15. The van der Waals surface area contributed by atoms with Crippen LogP contribution in [-0.2, 0) is 10.5 Å². The molecule has 0 bridgehead atoms. The molecule has 0 spiro atoms. The monoisotopic (exact) mass is 382 g/mol. The van der Waals surface area contributed by atoms with Gasteiger partial charge in [0.1, 0.15) is 12.0 Å². The Kier molecular flexibility index (Phi) is 6.19. The Balaban J connectivity index is 1.51. The van der Waals surface area contributed by atoms with Gasteiger partial charge in [0.15, 0.2) is 0 Å². The summed E-state index contributed by atoms with van der Waals surface area (Å²) < 4.78 is 10.7. The SMILES string of the molecule is COc1ccc(-c2nc(CSCC(=O)Nc3cc(C)ccc3C)co2)cc1. The van der Waals surface area contributed by atoms with E-state index in [9.17, 15) is 4.79 Å². The van der Waals surface area contributed by atoms with Gasteiger partial charge in [0, 0.05) is 17.0 Å². The third-order valence-corrected chi connectivity index (χ3v) is 5.01. The summed E-state index contributed by atoms with van der Waals surface area (Å²) in [4.78, 5) is 16.6. The Bertz CT molecular complexity index is 919. The number of benzene rings is 2. The van der Waals surface area contributed by atoms with Crippen LogP contribution >= 0.6 is 11.8 Å². The fraction of sp³-hybridized carbons (Fsp3) is 0.238. The zero-order chi connectivity index (χ0) is 19.2. The summed E-state index contributed by atoms with van der Waals surface area (Å²) in [6, 6.07) is 13.6. The van der Waals surface area contributed by atoms with Gasteiger partial charge in [-0.3, -0.25) is 4.79 Å². The highest BCUT2D eigenvalue weighted by Gasteiger charge is 2.09. The lowest BCUT2D eigenvalue weighted by molar-refractivity contribution is -0.113. The van der Waals surface area contributed by atoms with Crippen LogP contribution < -0.4 is 10.1 Å². The maximum absolute atomic E-state index is 12.2. The van der Waals surface area contributed by atoms with E-state index in [0.717, 1.165) is 33.8 Å². The Hall–Kier alpha value is -2.73. The molecule has 0 unspecified atom stereocenters.